The highest BCUT2D eigenvalue weighted by atomic mass is 16.7. The van der Waals surface area contributed by atoms with E-state index in [1.165, 1.54) is 0 Å². The molecular formula is C57H84N4O12. The molecular weight excluding hydrogens is 933 g/mol. The molecule has 2 aliphatic rings. The zero-order chi connectivity index (χ0) is 54.1. The normalized spacial score (nSPS) is 18.8. The number of nitrogens with zero attached hydrogens (tertiary/aromatic N) is 4. The molecule has 0 saturated carbocycles. The Balaban J connectivity index is 1.45. The van der Waals surface area contributed by atoms with Gasteiger partial charge in [0.25, 0.3) is 11.8 Å². The molecule has 0 N–H and O–H groups in total. The van der Waals surface area contributed by atoms with Crippen molar-refractivity contribution in [3.8, 4) is 0 Å². The number of ether oxygens (including phenoxy) is 3. The summed E-state index contributed by atoms with van der Waals surface area (Å²) in [5.41, 5.74) is 1.76. The molecule has 0 spiro atoms. The van der Waals surface area contributed by atoms with Gasteiger partial charge in [-0.1, -0.05) is 122 Å². The smallest absolute Gasteiger partial charge is 0.333 e. The summed E-state index contributed by atoms with van der Waals surface area (Å²) in [5, 5.41) is 0.528. The van der Waals surface area contributed by atoms with Crippen molar-refractivity contribution in [1.29, 1.82) is 0 Å². The van der Waals surface area contributed by atoms with Gasteiger partial charge in [0.2, 0.25) is 11.8 Å². The number of amides is 4. The van der Waals surface area contributed by atoms with Crippen LogP contribution in [0.25, 0.3) is 0 Å². The number of hydrogen-bond acceptors (Lipinski definition) is 13. The molecule has 2 aromatic carbocycles. The number of likely N-dealkylation sites (tertiary alicyclic amines) is 1. The maximum Gasteiger partial charge on any atom is 0.333 e. The van der Waals surface area contributed by atoms with Crippen LogP contribution in [0, 0.1) is 35.5 Å². The molecule has 2 saturated heterocycles. The molecule has 0 aromatic heterocycles. The van der Waals surface area contributed by atoms with Gasteiger partial charge in [-0.15, -0.1) is 5.06 Å². The highest BCUT2D eigenvalue weighted by Crippen LogP contribution is 2.34. The summed E-state index contributed by atoms with van der Waals surface area (Å²) < 4.78 is 18.0. The van der Waals surface area contributed by atoms with E-state index in [0.717, 1.165) is 11.1 Å². The molecule has 0 bridgehead atoms. The summed E-state index contributed by atoms with van der Waals surface area (Å²) in [6.07, 6.45) is 0.771. The predicted molar refractivity (Wildman–Crippen MR) is 276 cm³/mol. The third-order valence-corrected chi connectivity index (χ3v) is 15.3. The van der Waals surface area contributed by atoms with Crippen LogP contribution < -0.4 is 0 Å². The first-order valence-electron chi connectivity index (χ1n) is 26.4. The van der Waals surface area contributed by atoms with Gasteiger partial charge < -0.3 is 28.8 Å². The second-order valence-corrected chi connectivity index (χ2v) is 21.0. The fraction of sp³-hybridized carbons (Fsp3) is 0.649. The number of carbonyl (C=O) groups is 8. The van der Waals surface area contributed by atoms with Crippen LogP contribution in [-0.2, 0) is 64.0 Å². The molecule has 2 fully saturated rings. The number of imide groups is 1. The molecule has 16 nitrogen and oxygen atoms in total. The van der Waals surface area contributed by atoms with E-state index in [9.17, 15) is 38.4 Å². The number of hydrogen-bond donors (Lipinski definition) is 0. The average Bonchev–Trinajstić information content (AvgIpc) is 3.98. The number of hydroxylamine groups is 2. The Morgan fingerprint density at radius 1 is 0.753 bits per heavy atom. The lowest BCUT2D eigenvalue weighted by Gasteiger charge is -2.41. The number of methoxy groups -OCH3 is 2. The fourth-order valence-corrected chi connectivity index (χ4v) is 10.8. The molecule has 0 radical (unpaired) electrons. The van der Waals surface area contributed by atoms with Crippen molar-refractivity contribution in [2.75, 3.05) is 41.4 Å². The van der Waals surface area contributed by atoms with Gasteiger partial charge in [-0.05, 0) is 67.7 Å². The molecule has 2 aromatic rings. The molecule has 2 heterocycles. The molecule has 10 atom stereocenters. The quantitative estimate of drug-likeness (QED) is 0.0551. The number of ketones is 2. The Morgan fingerprint density at radius 2 is 1.36 bits per heavy atom. The topological polar surface area (TPSA) is 186 Å². The summed E-state index contributed by atoms with van der Waals surface area (Å²) >= 11 is 0. The Kier molecular flexibility index (Phi) is 23.9. The molecule has 16 heteroatoms. The lowest BCUT2D eigenvalue weighted by atomic mass is 9.80. The van der Waals surface area contributed by atoms with E-state index >= 15 is 0 Å². The van der Waals surface area contributed by atoms with Gasteiger partial charge in [0, 0.05) is 71.8 Å². The van der Waals surface area contributed by atoms with Crippen molar-refractivity contribution < 1.29 is 57.4 Å². The first-order chi connectivity index (χ1) is 34.7. The van der Waals surface area contributed by atoms with Crippen molar-refractivity contribution in [1.82, 2.24) is 19.8 Å². The zero-order valence-electron chi connectivity index (χ0n) is 45.6. The Hall–Kier alpha value is -5.32. The summed E-state index contributed by atoms with van der Waals surface area (Å²) in [5.74, 6) is -5.80. The van der Waals surface area contributed by atoms with Crippen molar-refractivity contribution in [2.24, 2.45) is 35.5 Å². The van der Waals surface area contributed by atoms with Crippen molar-refractivity contribution >= 4 is 47.1 Å². The van der Waals surface area contributed by atoms with E-state index in [1.807, 2.05) is 114 Å². The number of likely N-dealkylation sites (N-methyl/N-ethyl adjacent to an activating group) is 2. The van der Waals surface area contributed by atoms with Crippen LogP contribution in [0.15, 0.2) is 60.7 Å². The Morgan fingerprint density at radius 3 is 1.92 bits per heavy atom. The minimum Gasteiger partial charge on any atom is -0.461 e. The van der Waals surface area contributed by atoms with E-state index in [-0.39, 0.29) is 92.2 Å². The van der Waals surface area contributed by atoms with E-state index in [1.54, 1.807) is 45.0 Å². The van der Waals surface area contributed by atoms with Gasteiger partial charge in [0.1, 0.15) is 12.4 Å². The second kappa shape index (κ2) is 28.9. The summed E-state index contributed by atoms with van der Waals surface area (Å²) in [4.78, 5) is 118. The van der Waals surface area contributed by atoms with Crippen LogP contribution in [0.1, 0.15) is 137 Å². The van der Waals surface area contributed by atoms with E-state index < -0.39 is 71.8 Å². The minimum atomic E-state index is -0.759. The van der Waals surface area contributed by atoms with Crippen LogP contribution in [0.2, 0.25) is 0 Å². The summed E-state index contributed by atoms with van der Waals surface area (Å²) in [7, 11) is 6.61. The number of Topliss-reactive ketones (excluding diaryl/α,β-unsaturated/α-hetero) is 2. The number of esters is 1. The summed E-state index contributed by atoms with van der Waals surface area (Å²) in [6, 6.07) is 17.5. The van der Waals surface area contributed by atoms with Gasteiger partial charge in [-0.2, -0.15) is 0 Å². The number of benzene rings is 2. The SMILES string of the molecule is CC[C@H](C)[C@@H]([C@@H](CC(=O)N1CCC[C@H]1[C@H](OC)[C@@H](C)C(=O)C[C@H](C(=O)OCc1ccccc1)[C@@H](C)c1ccccc1)OC)N(C)C(=O)[C@@H](CC(=O)[C@H](C(C)C)N(C)CCCC(=O)ON1C(=O)CCC1=O)C(C)C. The van der Waals surface area contributed by atoms with Crippen LogP contribution >= 0.6 is 0 Å². The standard InChI is InChI=1S/C57H84N4O12/c1-13-38(6)54(59(10)56(68)43(36(2)3)32-47(63)53(37(4)5)58(9)30-21-27-52(67)73-61-49(64)28-29-50(61)65)48(70-11)34-51(66)60-31-20-26-45(60)55(71-12)40(8)46(62)33-44(39(7)42-24-18-15-19-25-42)57(69)72-35-41-22-16-14-17-23-41/h14-19,22-25,36-40,43-45,48,53-55H,13,20-21,26-35H2,1-12H3/t38-,39-,40-,43-,44-,45-,48+,53-,54-,55+/m0/s1. The van der Waals surface area contributed by atoms with Gasteiger partial charge in [-0.3, -0.25) is 38.5 Å². The molecule has 0 aliphatic carbocycles. The number of carbonyl (C=O) groups excluding carboxylic acids is 8. The maximum absolute atomic E-state index is 14.7. The Bertz CT molecular complexity index is 2140. The Labute approximate surface area is 434 Å². The molecule has 0 unspecified atom stereocenters. The highest BCUT2D eigenvalue weighted by molar-refractivity contribution is 6.01. The first kappa shape index (κ1) is 60.2. The van der Waals surface area contributed by atoms with E-state index in [2.05, 4.69) is 0 Å². The third-order valence-electron chi connectivity index (χ3n) is 15.3. The zero-order valence-corrected chi connectivity index (χ0v) is 45.6. The molecule has 73 heavy (non-hydrogen) atoms. The van der Waals surface area contributed by atoms with Gasteiger partial charge in [-0.25, -0.2) is 4.79 Å². The largest absolute Gasteiger partial charge is 0.461 e. The highest BCUT2D eigenvalue weighted by Gasteiger charge is 2.44. The van der Waals surface area contributed by atoms with E-state index in [4.69, 9.17) is 19.0 Å². The van der Waals surface area contributed by atoms with E-state index in [0.29, 0.717) is 43.8 Å². The second-order valence-electron chi connectivity index (χ2n) is 21.0. The number of rotatable bonds is 30. The minimum absolute atomic E-state index is 0.00487. The van der Waals surface area contributed by atoms with Crippen molar-refractivity contribution in [3.63, 3.8) is 0 Å². The van der Waals surface area contributed by atoms with Crippen molar-refractivity contribution in [2.45, 2.75) is 162 Å². The monoisotopic (exact) mass is 1020 g/mol. The van der Waals surface area contributed by atoms with Gasteiger partial charge in [0.15, 0.2) is 5.78 Å². The molecule has 4 rings (SSSR count). The lowest BCUT2D eigenvalue weighted by Crippen LogP contribution is -2.54. The summed E-state index contributed by atoms with van der Waals surface area (Å²) in [6.45, 7) is 16.4. The molecule has 2 aliphatic heterocycles. The third kappa shape index (κ3) is 16.3. The van der Waals surface area contributed by atoms with Gasteiger partial charge in [0.05, 0.1) is 42.7 Å². The molecule has 4 amide bonds. The average molecular weight is 1020 g/mol. The van der Waals surface area contributed by atoms with Crippen molar-refractivity contribution in [3.05, 3.63) is 71.8 Å². The molecule has 404 valence electrons. The van der Waals surface area contributed by atoms with Gasteiger partial charge >= 0.3 is 11.9 Å². The van der Waals surface area contributed by atoms with Crippen LogP contribution in [0.3, 0.4) is 0 Å². The van der Waals surface area contributed by atoms with Crippen LogP contribution in [0.4, 0.5) is 0 Å². The predicted octanol–water partition coefficient (Wildman–Crippen LogP) is 7.60. The van der Waals surface area contributed by atoms with Crippen LogP contribution in [-0.4, -0.2) is 139 Å². The first-order valence-corrected chi connectivity index (χ1v) is 26.4. The fourth-order valence-electron chi connectivity index (χ4n) is 10.8. The maximum atomic E-state index is 14.7. The van der Waals surface area contributed by atoms with Crippen LogP contribution in [0.5, 0.6) is 0 Å². The lowest BCUT2D eigenvalue weighted by molar-refractivity contribution is -0.197.